The minimum absolute atomic E-state index is 0.0108. The van der Waals surface area contributed by atoms with Gasteiger partial charge in [-0.1, -0.05) is 42.5 Å². The van der Waals surface area contributed by atoms with Gasteiger partial charge in [0.15, 0.2) is 5.78 Å². The number of hydrogen-bond donors (Lipinski definition) is 0. The van der Waals surface area contributed by atoms with Crippen LogP contribution in [0.4, 0.5) is 0 Å². The predicted octanol–water partition coefficient (Wildman–Crippen LogP) is 3.06. The molecule has 0 saturated heterocycles. The minimum atomic E-state index is -0.0108. The van der Waals surface area contributed by atoms with Crippen LogP contribution in [0.2, 0.25) is 0 Å². The summed E-state index contributed by atoms with van der Waals surface area (Å²) in [5.41, 5.74) is 1.41. The number of Topliss-reactive ketones (excluding diaryl/α,β-unsaturated/α-hetero) is 1. The Morgan fingerprint density at radius 3 is 2.63 bits per heavy atom. The fourth-order valence-corrected chi connectivity index (χ4v) is 2.07. The molecule has 0 amide bonds. The molecule has 0 aliphatic rings. The zero-order valence-corrected chi connectivity index (χ0v) is 10.3. The molecule has 0 radical (unpaired) electrons. The van der Waals surface area contributed by atoms with Gasteiger partial charge in [-0.3, -0.25) is 9.78 Å². The Morgan fingerprint density at radius 2 is 1.84 bits per heavy atom. The highest BCUT2D eigenvalue weighted by molar-refractivity contribution is 5.96. The Bertz CT molecular complexity index is 723. The van der Waals surface area contributed by atoms with Crippen LogP contribution in [0, 0.1) is 0 Å². The zero-order valence-electron chi connectivity index (χ0n) is 10.3. The second-order valence-electron chi connectivity index (χ2n) is 4.37. The highest BCUT2D eigenvalue weighted by Crippen LogP contribution is 2.16. The maximum atomic E-state index is 12.0. The quantitative estimate of drug-likeness (QED) is 0.669. The summed E-state index contributed by atoms with van der Waals surface area (Å²) in [7, 11) is 0. The van der Waals surface area contributed by atoms with Gasteiger partial charge in [0, 0.05) is 18.8 Å². The lowest BCUT2D eigenvalue weighted by molar-refractivity contribution is 0.0988. The van der Waals surface area contributed by atoms with Gasteiger partial charge in [0.05, 0.1) is 6.20 Å². The van der Waals surface area contributed by atoms with Crippen molar-refractivity contribution in [2.24, 2.45) is 0 Å². The van der Waals surface area contributed by atoms with Crippen molar-refractivity contribution in [3.05, 3.63) is 72.3 Å². The number of carbonyl (C=O) groups excluding carboxylic acids is 1. The topological polar surface area (TPSA) is 42.9 Å². The molecule has 0 N–H and O–H groups in total. The molecule has 92 valence electrons. The van der Waals surface area contributed by atoms with Crippen molar-refractivity contribution >= 4 is 16.6 Å². The van der Waals surface area contributed by atoms with Crippen LogP contribution in [-0.2, 0) is 6.42 Å². The molecule has 3 heteroatoms. The number of fused-ring (bicyclic) bond motifs is 1. The van der Waals surface area contributed by atoms with E-state index in [9.17, 15) is 4.79 Å². The number of carbonyl (C=O) groups is 1. The van der Waals surface area contributed by atoms with E-state index in [2.05, 4.69) is 16.0 Å². The molecule has 19 heavy (non-hydrogen) atoms. The third kappa shape index (κ3) is 2.50. The fraction of sp³-hybridized carbons (Fsp3) is 0.0625. The molecule has 2 aromatic carbocycles. The summed E-state index contributed by atoms with van der Waals surface area (Å²) in [4.78, 5) is 20.0. The fourth-order valence-electron chi connectivity index (χ4n) is 2.07. The second kappa shape index (κ2) is 4.98. The molecule has 3 aromatic rings. The maximum Gasteiger partial charge on any atom is 0.187 e. The van der Waals surface area contributed by atoms with E-state index >= 15 is 0 Å². The molecule has 1 heterocycles. The molecular formula is C16H12N2O. The molecule has 0 atom stereocenters. The SMILES string of the molecule is O=C(Cc1ccc2ccccc2c1)c1cnccn1. The number of aromatic nitrogens is 2. The second-order valence-corrected chi connectivity index (χ2v) is 4.37. The predicted molar refractivity (Wildman–Crippen MR) is 74.0 cm³/mol. The van der Waals surface area contributed by atoms with Crippen molar-refractivity contribution in [3.63, 3.8) is 0 Å². The normalized spacial score (nSPS) is 10.5. The highest BCUT2D eigenvalue weighted by Gasteiger charge is 2.08. The average molecular weight is 248 g/mol. The molecule has 3 nitrogen and oxygen atoms in total. The monoisotopic (exact) mass is 248 g/mol. The van der Waals surface area contributed by atoms with E-state index in [0.29, 0.717) is 12.1 Å². The molecule has 0 fully saturated rings. The number of ketones is 1. The summed E-state index contributed by atoms with van der Waals surface area (Å²) >= 11 is 0. The summed E-state index contributed by atoms with van der Waals surface area (Å²) < 4.78 is 0. The van der Waals surface area contributed by atoms with Crippen molar-refractivity contribution < 1.29 is 4.79 Å². The maximum absolute atomic E-state index is 12.0. The number of hydrogen-bond acceptors (Lipinski definition) is 3. The summed E-state index contributed by atoms with van der Waals surface area (Å²) in [5, 5.41) is 2.32. The Labute approximate surface area is 111 Å². The number of rotatable bonds is 3. The summed E-state index contributed by atoms with van der Waals surface area (Å²) in [6.45, 7) is 0. The van der Waals surface area contributed by atoms with Crippen molar-refractivity contribution in [2.45, 2.75) is 6.42 Å². The van der Waals surface area contributed by atoms with Crippen LogP contribution in [-0.4, -0.2) is 15.8 Å². The third-order valence-corrected chi connectivity index (χ3v) is 3.03. The van der Waals surface area contributed by atoms with Crippen molar-refractivity contribution in [2.75, 3.05) is 0 Å². The molecule has 0 bridgehead atoms. The van der Waals surface area contributed by atoms with Crippen LogP contribution in [0.1, 0.15) is 16.1 Å². The lowest BCUT2D eigenvalue weighted by atomic mass is 10.0. The van der Waals surface area contributed by atoms with Crippen LogP contribution in [0.15, 0.2) is 61.1 Å². The number of nitrogens with zero attached hydrogens (tertiary/aromatic N) is 2. The first-order chi connectivity index (χ1) is 9.33. The van der Waals surface area contributed by atoms with Gasteiger partial charge < -0.3 is 0 Å². The van der Waals surface area contributed by atoms with Gasteiger partial charge in [-0.25, -0.2) is 4.98 Å². The van der Waals surface area contributed by atoms with Crippen LogP contribution < -0.4 is 0 Å². The van der Waals surface area contributed by atoms with E-state index in [4.69, 9.17) is 0 Å². The zero-order chi connectivity index (χ0) is 13.1. The third-order valence-electron chi connectivity index (χ3n) is 3.03. The molecule has 0 spiro atoms. The average Bonchev–Trinajstić information content (AvgIpc) is 2.48. The first-order valence-electron chi connectivity index (χ1n) is 6.10. The van der Waals surface area contributed by atoms with E-state index in [-0.39, 0.29) is 5.78 Å². The van der Waals surface area contributed by atoms with E-state index in [1.807, 2.05) is 36.4 Å². The Balaban J connectivity index is 1.87. The Morgan fingerprint density at radius 1 is 1.00 bits per heavy atom. The molecule has 0 saturated carbocycles. The van der Waals surface area contributed by atoms with Gasteiger partial charge in [0.2, 0.25) is 0 Å². The largest absolute Gasteiger partial charge is 0.292 e. The van der Waals surface area contributed by atoms with Crippen LogP contribution in [0.25, 0.3) is 10.8 Å². The molecule has 3 rings (SSSR count). The van der Waals surface area contributed by atoms with E-state index in [1.165, 1.54) is 17.8 Å². The van der Waals surface area contributed by atoms with Gasteiger partial charge in [-0.2, -0.15) is 0 Å². The van der Waals surface area contributed by atoms with Gasteiger partial charge in [0.1, 0.15) is 5.69 Å². The molecule has 0 unspecified atom stereocenters. The highest BCUT2D eigenvalue weighted by atomic mass is 16.1. The smallest absolute Gasteiger partial charge is 0.187 e. The van der Waals surface area contributed by atoms with Crippen LogP contribution in [0.3, 0.4) is 0 Å². The number of benzene rings is 2. The van der Waals surface area contributed by atoms with Crippen molar-refractivity contribution in [1.29, 1.82) is 0 Å². The van der Waals surface area contributed by atoms with Crippen LogP contribution >= 0.6 is 0 Å². The summed E-state index contributed by atoms with van der Waals surface area (Å²) in [5.74, 6) is -0.0108. The molecule has 0 aliphatic carbocycles. The Kier molecular flexibility index (Phi) is 3.02. The van der Waals surface area contributed by atoms with E-state index in [0.717, 1.165) is 10.9 Å². The lowest BCUT2D eigenvalue weighted by Crippen LogP contribution is -2.06. The molecule has 0 aliphatic heterocycles. The van der Waals surface area contributed by atoms with Gasteiger partial charge >= 0.3 is 0 Å². The standard InChI is InChI=1S/C16H12N2O/c19-16(15-11-17-7-8-18-15)10-12-5-6-13-3-1-2-4-14(13)9-12/h1-9,11H,10H2. The lowest BCUT2D eigenvalue weighted by Gasteiger charge is -2.03. The van der Waals surface area contributed by atoms with Gasteiger partial charge in [-0.15, -0.1) is 0 Å². The van der Waals surface area contributed by atoms with E-state index < -0.39 is 0 Å². The van der Waals surface area contributed by atoms with Crippen molar-refractivity contribution in [3.8, 4) is 0 Å². The molecule has 1 aromatic heterocycles. The first-order valence-corrected chi connectivity index (χ1v) is 6.10. The van der Waals surface area contributed by atoms with Gasteiger partial charge in [0.25, 0.3) is 0 Å². The van der Waals surface area contributed by atoms with E-state index in [1.54, 1.807) is 6.20 Å². The van der Waals surface area contributed by atoms with Gasteiger partial charge in [-0.05, 0) is 16.3 Å². The first kappa shape index (κ1) is 11.5. The Hall–Kier alpha value is -2.55. The molecular weight excluding hydrogens is 236 g/mol. The summed E-state index contributed by atoms with van der Waals surface area (Å²) in [6, 6.07) is 14.2. The summed E-state index contributed by atoms with van der Waals surface area (Å²) in [6.07, 6.45) is 4.95. The van der Waals surface area contributed by atoms with Crippen molar-refractivity contribution in [1.82, 2.24) is 9.97 Å². The van der Waals surface area contributed by atoms with Crippen LogP contribution in [0.5, 0.6) is 0 Å². The minimum Gasteiger partial charge on any atom is -0.292 e.